The summed E-state index contributed by atoms with van der Waals surface area (Å²) in [4.78, 5) is 0.125. The van der Waals surface area contributed by atoms with Crippen molar-refractivity contribution in [1.29, 1.82) is 0 Å². The van der Waals surface area contributed by atoms with Crippen molar-refractivity contribution in [3.63, 3.8) is 0 Å². The molecule has 1 fully saturated rings. The van der Waals surface area contributed by atoms with E-state index in [4.69, 9.17) is 0 Å². The predicted octanol–water partition coefficient (Wildman–Crippen LogP) is 3.83. The van der Waals surface area contributed by atoms with Crippen molar-refractivity contribution >= 4 is 15.7 Å². The number of halogens is 1. The molecule has 2 aromatic carbocycles. The van der Waals surface area contributed by atoms with Gasteiger partial charge in [-0.25, -0.2) is 12.8 Å². The van der Waals surface area contributed by atoms with Crippen LogP contribution in [0.2, 0.25) is 0 Å². The highest BCUT2D eigenvalue weighted by Gasteiger charge is 2.20. The molecule has 3 rings (SSSR count). The lowest BCUT2D eigenvalue weighted by molar-refractivity contribution is 0.598. The van der Waals surface area contributed by atoms with Gasteiger partial charge in [0.1, 0.15) is 5.82 Å². The Morgan fingerprint density at radius 1 is 1.16 bits per heavy atom. The van der Waals surface area contributed by atoms with Gasteiger partial charge >= 0.3 is 0 Å². The zero-order chi connectivity index (χ0) is 18.0. The number of rotatable bonds is 5. The highest BCUT2D eigenvalue weighted by atomic mass is 32.2. The van der Waals surface area contributed by atoms with Gasteiger partial charge in [-0.2, -0.15) is 0 Å². The summed E-state index contributed by atoms with van der Waals surface area (Å²) in [7, 11) is -3.81. The van der Waals surface area contributed by atoms with Crippen LogP contribution in [0.15, 0.2) is 47.4 Å². The van der Waals surface area contributed by atoms with E-state index in [2.05, 4.69) is 10.0 Å². The highest BCUT2D eigenvalue weighted by Crippen LogP contribution is 2.27. The van der Waals surface area contributed by atoms with Gasteiger partial charge in [0.2, 0.25) is 0 Å². The van der Waals surface area contributed by atoms with Crippen LogP contribution in [0.25, 0.3) is 0 Å². The van der Waals surface area contributed by atoms with Crippen molar-refractivity contribution < 1.29 is 12.8 Å². The number of sulfonamides is 1. The summed E-state index contributed by atoms with van der Waals surface area (Å²) in [6.45, 7) is 5.83. The SMILES string of the molecule is CC(C)c1ccc(S(=O)(=O)Nc2ccc(C3CCNC3)cc2F)cc1. The van der Waals surface area contributed by atoms with Gasteiger partial charge in [-0.3, -0.25) is 4.72 Å². The third kappa shape index (κ3) is 4.02. The van der Waals surface area contributed by atoms with E-state index in [1.807, 2.05) is 13.8 Å². The van der Waals surface area contributed by atoms with E-state index in [0.29, 0.717) is 5.92 Å². The van der Waals surface area contributed by atoms with Gasteiger partial charge in [0, 0.05) is 6.54 Å². The first-order chi connectivity index (χ1) is 11.9. The summed E-state index contributed by atoms with van der Waals surface area (Å²) in [5.41, 5.74) is 1.93. The van der Waals surface area contributed by atoms with Crippen LogP contribution < -0.4 is 10.0 Å². The Hall–Kier alpha value is -1.92. The average molecular weight is 362 g/mol. The van der Waals surface area contributed by atoms with E-state index in [-0.39, 0.29) is 16.5 Å². The van der Waals surface area contributed by atoms with Crippen LogP contribution in [0.3, 0.4) is 0 Å². The van der Waals surface area contributed by atoms with Gasteiger partial charge in [0.25, 0.3) is 10.0 Å². The quantitative estimate of drug-likeness (QED) is 0.850. The molecule has 0 aromatic heterocycles. The van der Waals surface area contributed by atoms with E-state index < -0.39 is 15.8 Å². The van der Waals surface area contributed by atoms with Crippen LogP contribution in [-0.2, 0) is 10.0 Å². The van der Waals surface area contributed by atoms with Crippen molar-refractivity contribution in [2.75, 3.05) is 17.8 Å². The smallest absolute Gasteiger partial charge is 0.261 e. The molecule has 0 aliphatic carbocycles. The number of nitrogens with one attached hydrogen (secondary N) is 2. The molecule has 6 heteroatoms. The molecule has 0 saturated carbocycles. The van der Waals surface area contributed by atoms with Crippen LogP contribution >= 0.6 is 0 Å². The van der Waals surface area contributed by atoms with Crippen molar-refractivity contribution in [2.45, 2.75) is 37.0 Å². The van der Waals surface area contributed by atoms with Crippen LogP contribution in [0.5, 0.6) is 0 Å². The van der Waals surface area contributed by atoms with E-state index >= 15 is 0 Å². The minimum atomic E-state index is -3.81. The van der Waals surface area contributed by atoms with Crippen LogP contribution in [0, 0.1) is 5.82 Å². The van der Waals surface area contributed by atoms with E-state index in [1.165, 1.54) is 12.1 Å². The Labute approximate surface area is 148 Å². The molecular weight excluding hydrogens is 339 g/mol. The van der Waals surface area contributed by atoms with E-state index in [9.17, 15) is 12.8 Å². The van der Waals surface area contributed by atoms with Gasteiger partial charge in [-0.05, 0) is 60.2 Å². The lowest BCUT2D eigenvalue weighted by Crippen LogP contribution is -2.14. The fraction of sp³-hybridized carbons (Fsp3) is 0.368. The number of hydrogen-bond acceptors (Lipinski definition) is 3. The van der Waals surface area contributed by atoms with Crippen molar-refractivity contribution in [2.24, 2.45) is 0 Å². The van der Waals surface area contributed by atoms with Gasteiger partial charge in [0.15, 0.2) is 0 Å². The first-order valence-corrected chi connectivity index (χ1v) is 9.98. The summed E-state index contributed by atoms with van der Waals surface area (Å²) in [6, 6.07) is 11.4. The number of anilines is 1. The third-order valence-electron chi connectivity index (χ3n) is 4.63. The van der Waals surface area contributed by atoms with Crippen molar-refractivity contribution in [1.82, 2.24) is 5.32 Å². The topological polar surface area (TPSA) is 58.2 Å². The van der Waals surface area contributed by atoms with Crippen LogP contribution in [0.1, 0.15) is 43.2 Å². The van der Waals surface area contributed by atoms with Gasteiger partial charge < -0.3 is 5.32 Å². The number of benzene rings is 2. The first kappa shape index (κ1) is 17.9. The molecule has 1 aliphatic heterocycles. The molecule has 1 saturated heterocycles. The Bertz CT molecular complexity index is 842. The molecule has 1 unspecified atom stereocenters. The van der Waals surface area contributed by atoms with Crippen molar-refractivity contribution in [3.8, 4) is 0 Å². The molecule has 25 heavy (non-hydrogen) atoms. The average Bonchev–Trinajstić information content (AvgIpc) is 3.11. The predicted molar refractivity (Wildman–Crippen MR) is 98.0 cm³/mol. The molecule has 134 valence electrons. The lowest BCUT2D eigenvalue weighted by atomic mass is 9.98. The van der Waals surface area contributed by atoms with Crippen molar-refractivity contribution in [3.05, 3.63) is 59.4 Å². The minimum Gasteiger partial charge on any atom is -0.316 e. The molecule has 0 bridgehead atoms. The van der Waals surface area contributed by atoms with Crippen LogP contribution in [-0.4, -0.2) is 21.5 Å². The second-order valence-electron chi connectivity index (χ2n) is 6.76. The molecule has 4 nitrogen and oxygen atoms in total. The van der Waals surface area contributed by atoms with E-state index in [1.54, 1.807) is 30.3 Å². The Morgan fingerprint density at radius 3 is 2.44 bits per heavy atom. The van der Waals surface area contributed by atoms with Gasteiger partial charge in [-0.15, -0.1) is 0 Å². The maximum atomic E-state index is 14.4. The standard InChI is InChI=1S/C19H23FN2O2S/c1-13(2)14-3-6-17(7-4-14)25(23,24)22-19-8-5-15(11-18(19)20)16-9-10-21-12-16/h3-8,11,13,16,21-22H,9-10,12H2,1-2H3. The lowest BCUT2D eigenvalue weighted by Gasteiger charge is -2.13. The molecule has 1 atom stereocenters. The zero-order valence-electron chi connectivity index (χ0n) is 14.4. The Morgan fingerprint density at radius 2 is 1.88 bits per heavy atom. The summed E-state index contributed by atoms with van der Waals surface area (Å²) < 4.78 is 41.7. The zero-order valence-corrected chi connectivity index (χ0v) is 15.2. The minimum absolute atomic E-state index is 0.0253. The Kier molecular flexibility index (Phi) is 5.11. The summed E-state index contributed by atoms with van der Waals surface area (Å²) in [6.07, 6.45) is 0.965. The maximum Gasteiger partial charge on any atom is 0.261 e. The van der Waals surface area contributed by atoms with Gasteiger partial charge in [0.05, 0.1) is 10.6 Å². The maximum absolute atomic E-state index is 14.4. The second-order valence-corrected chi connectivity index (χ2v) is 8.44. The molecule has 0 radical (unpaired) electrons. The second kappa shape index (κ2) is 7.14. The fourth-order valence-corrected chi connectivity index (χ4v) is 4.11. The van der Waals surface area contributed by atoms with E-state index in [0.717, 1.165) is 30.6 Å². The molecule has 1 aliphatic rings. The summed E-state index contributed by atoms with van der Waals surface area (Å²) >= 11 is 0. The fourth-order valence-electron chi connectivity index (χ4n) is 3.04. The molecule has 2 N–H and O–H groups in total. The molecule has 0 spiro atoms. The highest BCUT2D eigenvalue weighted by molar-refractivity contribution is 7.92. The molecule has 1 heterocycles. The molecule has 0 amide bonds. The largest absolute Gasteiger partial charge is 0.316 e. The molecular formula is C19H23FN2O2S. The first-order valence-electron chi connectivity index (χ1n) is 8.50. The normalized spacial score (nSPS) is 17.8. The molecule has 2 aromatic rings. The summed E-state index contributed by atoms with van der Waals surface area (Å²) in [5.74, 6) is 0.0512. The van der Waals surface area contributed by atoms with Crippen LogP contribution in [0.4, 0.5) is 10.1 Å². The Balaban J connectivity index is 1.80. The van der Waals surface area contributed by atoms with Gasteiger partial charge in [-0.1, -0.05) is 32.0 Å². The monoisotopic (exact) mass is 362 g/mol. The third-order valence-corrected chi connectivity index (χ3v) is 6.01. The number of hydrogen-bond donors (Lipinski definition) is 2. The summed E-state index contributed by atoms with van der Waals surface area (Å²) in [5, 5.41) is 3.24.